The van der Waals surface area contributed by atoms with E-state index in [9.17, 15) is 20.0 Å². The van der Waals surface area contributed by atoms with Crippen molar-refractivity contribution in [3.8, 4) is 0 Å². The molecule has 0 amide bonds. The fraction of sp³-hybridized carbons (Fsp3) is 0.176. The van der Waals surface area contributed by atoms with Gasteiger partial charge in [0.25, 0.3) is 0 Å². The van der Waals surface area contributed by atoms with E-state index in [4.69, 9.17) is 0 Å². The summed E-state index contributed by atoms with van der Waals surface area (Å²) in [4.78, 5) is 30.8. The molecule has 0 atom stereocenters. The zero-order valence-electron chi connectivity index (χ0n) is 13.5. The van der Waals surface area contributed by atoms with Crippen LogP contribution >= 0.6 is 0 Å². The number of aromatic amines is 1. The maximum atomic E-state index is 11.5. The Balaban J connectivity index is 1.89. The molecule has 0 aliphatic rings. The number of nitrogens with zero attached hydrogens (tertiary/aromatic N) is 3. The second-order valence-electron chi connectivity index (χ2n) is 5.60. The average Bonchev–Trinajstić information content (AvgIpc) is 2.98. The van der Waals surface area contributed by atoms with Crippen LogP contribution in [0.4, 0.5) is 11.5 Å². The van der Waals surface area contributed by atoms with Crippen molar-refractivity contribution in [3.63, 3.8) is 0 Å². The number of likely N-dealkylation sites (N-methyl/N-ethyl adjacent to an activating group) is 1. The zero-order valence-corrected chi connectivity index (χ0v) is 13.5. The maximum Gasteiger partial charge on any atom is 0.352 e. The molecule has 1 aromatic carbocycles. The number of para-hydroxylation sites is 1. The normalized spacial score (nSPS) is 10.8. The van der Waals surface area contributed by atoms with Gasteiger partial charge >= 0.3 is 11.7 Å². The molecule has 8 heteroatoms. The molecule has 25 heavy (non-hydrogen) atoms. The fourth-order valence-corrected chi connectivity index (χ4v) is 2.85. The van der Waals surface area contributed by atoms with Crippen LogP contribution in [0.2, 0.25) is 0 Å². The van der Waals surface area contributed by atoms with Crippen molar-refractivity contribution in [1.29, 1.82) is 0 Å². The molecule has 0 saturated carbocycles. The molecule has 2 aromatic heterocycles. The second-order valence-corrected chi connectivity index (χ2v) is 5.60. The first-order chi connectivity index (χ1) is 12.0. The number of benzene rings is 1. The molecule has 2 N–H and O–H groups in total. The van der Waals surface area contributed by atoms with E-state index >= 15 is 0 Å². The van der Waals surface area contributed by atoms with Crippen molar-refractivity contribution in [3.05, 3.63) is 64.0 Å². The van der Waals surface area contributed by atoms with Crippen LogP contribution in [0.25, 0.3) is 10.9 Å². The van der Waals surface area contributed by atoms with Crippen molar-refractivity contribution in [2.75, 3.05) is 18.5 Å². The Morgan fingerprint density at radius 1 is 1.32 bits per heavy atom. The van der Waals surface area contributed by atoms with Crippen molar-refractivity contribution in [2.24, 2.45) is 0 Å². The first kappa shape index (κ1) is 16.4. The summed E-state index contributed by atoms with van der Waals surface area (Å²) >= 11 is 0. The number of carboxylic acid groups (broad SMARTS) is 1. The molecule has 0 saturated heterocycles. The summed E-state index contributed by atoms with van der Waals surface area (Å²) in [5.41, 5.74) is 1.49. The monoisotopic (exact) mass is 340 g/mol. The maximum absolute atomic E-state index is 11.5. The molecule has 3 aromatic rings. The van der Waals surface area contributed by atoms with E-state index < -0.39 is 10.9 Å². The second kappa shape index (κ2) is 6.60. The van der Waals surface area contributed by atoms with Gasteiger partial charge in [-0.25, -0.2) is 9.78 Å². The molecule has 0 radical (unpaired) electrons. The number of nitro groups is 1. The Labute approximate surface area is 142 Å². The van der Waals surface area contributed by atoms with Crippen LogP contribution in [0.5, 0.6) is 0 Å². The SMILES string of the molecule is CN(CCc1c(C(=O)O)[nH]c2ccccc12)c1ncccc1[N+](=O)[O-]. The Kier molecular flexibility index (Phi) is 4.34. The summed E-state index contributed by atoms with van der Waals surface area (Å²) in [6.45, 7) is 0.389. The van der Waals surface area contributed by atoms with Gasteiger partial charge < -0.3 is 15.0 Å². The molecule has 8 nitrogen and oxygen atoms in total. The van der Waals surface area contributed by atoms with Crippen LogP contribution < -0.4 is 4.90 Å². The highest BCUT2D eigenvalue weighted by Gasteiger charge is 2.20. The number of H-pyrrole nitrogens is 1. The highest BCUT2D eigenvalue weighted by Crippen LogP contribution is 2.26. The lowest BCUT2D eigenvalue weighted by Crippen LogP contribution is -2.23. The Hall–Kier alpha value is -3.42. The predicted octanol–water partition coefficient (Wildman–Crippen LogP) is 2.85. The molecule has 128 valence electrons. The number of carboxylic acids is 1. The van der Waals surface area contributed by atoms with Crippen molar-refractivity contribution in [1.82, 2.24) is 9.97 Å². The summed E-state index contributed by atoms with van der Waals surface area (Å²) in [7, 11) is 1.70. The van der Waals surface area contributed by atoms with Gasteiger partial charge in [-0.1, -0.05) is 18.2 Å². The summed E-state index contributed by atoms with van der Waals surface area (Å²) in [5, 5.41) is 21.4. The van der Waals surface area contributed by atoms with Crippen LogP contribution in [0, 0.1) is 10.1 Å². The molecule has 3 rings (SSSR count). The van der Waals surface area contributed by atoms with Crippen LogP contribution in [-0.4, -0.2) is 39.6 Å². The Bertz CT molecular complexity index is 951. The number of pyridine rings is 1. The van der Waals surface area contributed by atoms with Gasteiger partial charge in [-0.15, -0.1) is 0 Å². The van der Waals surface area contributed by atoms with Crippen molar-refractivity contribution >= 4 is 28.4 Å². The number of hydrogen-bond donors (Lipinski definition) is 2. The summed E-state index contributed by atoms with van der Waals surface area (Å²) < 4.78 is 0. The number of carbonyl (C=O) groups is 1. The van der Waals surface area contributed by atoms with Gasteiger partial charge in [0.05, 0.1) is 4.92 Å². The first-order valence-electron chi connectivity index (χ1n) is 7.62. The van der Waals surface area contributed by atoms with Gasteiger partial charge in [-0.3, -0.25) is 10.1 Å². The molecule has 0 aliphatic carbocycles. The van der Waals surface area contributed by atoms with Gasteiger partial charge in [0, 0.05) is 36.8 Å². The molecule has 0 unspecified atom stereocenters. The topological polar surface area (TPSA) is 112 Å². The third-order valence-electron chi connectivity index (χ3n) is 4.05. The standard InChI is InChI=1S/C17H16N4O4/c1-20(16-14(21(24)25)7-4-9-18-16)10-8-12-11-5-2-3-6-13(11)19-15(12)17(22)23/h2-7,9,19H,8,10H2,1H3,(H,22,23). The Morgan fingerprint density at radius 3 is 2.80 bits per heavy atom. The van der Waals surface area contributed by atoms with E-state index in [0.717, 1.165) is 10.9 Å². The summed E-state index contributed by atoms with van der Waals surface area (Å²) in [5.74, 6) is -0.776. The van der Waals surface area contributed by atoms with Gasteiger partial charge in [-0.2, -0.15) is 0 Å². The third-order valence-corrected chi connectivity index (χ3v) is 4.05. The zero-order chi connectivity index (χ0) is 18.0. The smallest absolute Gasteiger partial charge is 0.352 e. The number of aromatic carboxylic acids is 1. The minimum absolute atomic E-state index is 0.0811. The van der Waals surface area contributed by atoms with Gasteiger partial charge in [0.2, 0.25) is 5.82 Å². The lowest BCUT2D eigenvalue weighted by Gasteiger charge is -2.17. The molecular formula is C17H16N4O4. The van der Waals surface area contributed by atoms with Gasteiger partial charge in [0.1, 0.15) is 5.69 Å². The van der Waals surface area contributed by atoms with Gasteiger partial charge in [-0.05, 0) is 24.1 Å². The van der Waals surface area contributed by atoms with E-state index in [2.05, 4.69) is 9.97 Å². The fourth-order valence-electron chi connectivity index (χ4n) is 2.85. The molecule has 0 fully saturated rings. The van der Waals surface area contributed by atoms with Crippen LogP contribution in [0.1, 0.15) is 16.1 Å². The van der Waals surface area contributed by atoms with Crippen molar-refractivity contribution < 1.29 is 14.8 Å². The van der Waals surface area contributed by atoms with Crippen LogP contribution in [0.3, 0.4) is 0 Å². The van der Waals surface area contributed by atoms with Gasteiger partial charge in [0.15, 0.2) is 0 Å². The minimum Gasteiger partial charge on any atom is -0.477 e. The van der Waals surface area contributed by atoms with E-state index in [1.54, 1.807) is 11.9 Å². The number of rotatable bonds is 6. The molecule has 0 spiro atoms. The number of fused-ring (bicyclic) bond motifs is 1. The van der Waals surface area contributed by atoms with E-state index in [-0.39, 0.29) is 17.2 Å². The molecule has 0 bridgehead atoms. The first-order valence-corrected chi connectivity index (χ1v) is 7.62. The number of nitrogens with one attached hydrogen (secondary N) is 1. The van der Waals surface area contributed by atoms with E-state index in [0.29, 0.717) is 18.5 Å². The van der Waals surface area contributed by atoms with E-state index in [1.165, 1.54) is 18.3 Å². The predicted molar refractivity (Wildman–Crippen MR) is 93.1 cm³/mol. The quantitative estimate of drug-likeness (QED) is 0.527. The number of aromatic nitrogens is 2. The number of anilines is 1. The lowest BCUT2D eigenvalue weighted by atomic mass is 10.1. The third kappa shape index (κ3) is 3.14. The molecular weight excluding hydrogens is 324 g/mol. The Morgan fingerprint density at radius 2 is 2.08 bits per heavy atom. The molecule has 0 aliphatic heterocycles. The van der Waals surface area contributed by atoms with E-state index in [1.807, 2.05) is 24.3 Å². The van der Waals surface area contributed by atoms with Crippen LogP contribution in [-0.2, 0) is 6.42 Å². The largest absolute Gasteiger partial charge is 0.477 e. The lowest BCUT2D eigenvalue weighted by molar-refractivity contribution is -0.384. The summed E-state index contributed by atoms with van der Waals surface area (Å²) in [6.07, 6.45) is 1.91. The highest BCUT2D eigenvalue weighted by molar-refractivity contribution is 5.97. The van der Waals surface area contributed by atoms with Crippen molar-refractivity contribution in [2.45, 2.75) is 6.42 Å². The van der Waals surface area contributed by atoms with Crippen LogP contribution in [0.15, 0.2) is 42.6 Å². The minimum atomic E-state index is -1.03. The summed E-state index contributed by atoms with van der Waals surface area (Å²) in [6, 6.07) is 10.3. The number of hydrogen-bond acceptors (Lipinski definition) is 5. The highest BCUT2D eigenvalue weighted by atomic mass is 16.6. The average molecular weight is 340 g/mol. The molecule has 2 heterocycles.